The molecule has 0 aromatic heterocycles. The number of amides is 1. The van der Waals surface area contributed by atoms with Crippen LogP contribution in [0.25, 0.3) is 0 Å². The van der Waals surface area contributed by atoms with Gasteiger partial charge in [0.15, 0.2) is 6.61 Å². The molecule has 0 saturated carbocycles. The molecule has 0 aliphatic rings. The summed E-state index contributed by atoms with van der Waals surface area (Å²) in [6.45, 7) is 1.35. The van der Waals surface area contributed by atoms with Crippen molar-refractivity contribution < 1.29 is 24.2 Å². The number of phenolic OH excluding ortho intramolecular Hbond substituents is 1. The van der Waals surface area contributed by atoms with E-state index in [1.54, 1.807) is 31.2 Å². The van der Waals surface area contributed by atoms with Crippen LogP contribution in [0.5, 0.6) is 11.5 Å². The third kappa shape index (κ3) is 5.12. The van der Waals surface area contributed by atoms with Gasteiger partial charge in [-0.1, -0.05) is 23.7 Å². The Balaban J connectivity index is 1.89. The Labute approximate surface area is 150 Å². The maximum atomic E-state index is 11.9. The average Bonchev–Trinajstić information content (AvgIpc) is 2.60. The Morgan fingerprint density at radius 2 is 1.88 bits per heavy atom. The van der Waals surface area contributed by atoms with E-state index in [0.29, 0.717) is 10.8 Å². The Morgan fingerprint density at radius 3 is 2.48 bits per heavy atom. The summed E-state index contributed by atoms with van der Waals surface area (Å²) in [4.78, 5) is 23.9. The van der Waals surface area contributed by atoms with Crippen molar-refractivity contribution in [3.63, 3.8) is 0 Å². The highest BCUT2D eigenvalue weighted by Crippen LogP contribution is 2.24. The highest BCUT2D eigenvalue weighted by atomic mass is 35.5. The van der Waals surface area contributed by atoms with E-state index < -0.39 is 18.5 Å². The lowest BCUT2D eigenvalue weighted by Crippen LogP contribution is -2.31. The maximum Gasteiger partial charge on any atom is 0.342 e. The molecule has 1 atom stereocenters. The Kier molecular flexibility index (Phi) is 6.25. The lowest BCUT2D eigenvalue weighted by molar-refractivity contribution is -0.124. The zero-order valence-corrected chi connectivity index (χ0v) is 14.5. The van der Waals surface area contributed by atoms with Crippen molar-refractivity contribution in [2.45, 2.75) is 13.0 Å². The van der Waals surface area contributed by atoms with Crippen LogP contribution in [0.1, 0.15) is 28.9 Å². The molecular formula is C18H18ClNO5. The quantitative estimate of drug-likeness (QED) is 0.770. The number of carbonyl (C=O) groups excluding carboxylic acids is 2. The van der Waals surface area contributed by atoms with Gasteiger partial charge in [-0.25, -0.2) is 4.79 Å². The first-order valence-corrected chi connectivity index (χ1v) is 7.87. The van der Waals surface area contributed by atoms with Crippen molar-refractivity contribution in [2.24, 2.45) is 0 Å². The second-order valence-electron chi connectivity index (χ2n) is 5.30. The maximum absolute atomic E-state index is 11.9. The smallest absolute Gasteiger partial charge is 0.342 e. The van der Waals surface area contributed by atoms with Gasteiger partial charge in [0.2, 0.25) is 0 Å². The van der Waals surface area contributed by atoms with Gasteiger partial charge in [0.1, 0.15) is 17.1 Å². The lowest BCUT2D eigenvalue weighted by Gasteiger charge is -2.14. The Morgan fingerprint density at radius 1 is 1.20 bits per heavy atom. The van der Waals surface area contributed by atoms with Gasteiger partial charge >= 0.3 is 5.97 Å². The number of phenols is 1. The standard InChI is InChI=1S/C18H18ClNO5/c1-11(12-3-5-13(19)6-4-12)20-17(22)10-25-18(23)15-8-7-14(24-2)9-16(15)21/h3-9,11,21H,10H2,1-2H3,(H,20,22)/t11-/m0/s1. The molecule has 2 aromatic carbocycles. The molecule has 0 radical (unpaired) electrons. The molecule has 1 amide bonds. The van der Waals surface area contributed by atoms with Crippen LogP contribution in [0.2, 0.25) is 5.02 Å². The molecule has 25 heavy (non-hydrogen) atoms. The Hall–Kier alpha value is -2.73. The molecule has 2 aromatic rings. The van der Waals surface area contributed by atoms with Crippen LogP contribution in [-0.2, 0) is 9.53 Å². The molecule has 0 fully saturated rings. The fourth-order valence-electron chi connectivity index (χ4n) is 2.14. The zero-order valence-electron chi connectivity index (χ0n) is 13.8. The van der Waals surface area contributed by atoms with Crippen LogP contribution in [0.3, 0.4) is 0 Å². The van der Waals surface area contributed by atoms with Gasteiger partial charge in [-0.3, -0.25) is 4.79 Å². The van der Waals surface area contributed by atoms with Crippen LogP contribution in [0.15, 0.2) is 42.5 Å². The number of nitrogens with one attached hydrogen (secondary N) is 1. The van der Waals surface area contributed by atoms with Gasteiger partial charge in [0.05, 0.1) is 13.2 Å². The molecule has 132 valence electrons. The molecule has 0 aliphatic carbocycles. The summed E-state index contributed by atoms with van der Waals surface area (Å²) in [6.07, 6.45) is 0. The fraction of sp³-hybridized carbons (Fsp3) is 0.222. The summed E-state index contributed by atoms with van der Waals surface area (Å²) in [5.41, 5.74) is 0.830. The largest absolute Gasteiger partial charge is 0.507 e. The molecular weight excluding hydrogens is 346 g/mol. The summed E-state index contributed by atoms with van der Waals surface area (Å²) in [7, 11) is 1.44. The van der Waals surface area contributed by atoms with Gasteiger partial charge in [-0.2, -0.15) is 0 Å². The molecule has 0 unspecified atom stereocenters. The van der Waals surface area contributed by atoms with E-state index in [2.05, 4.69) is 5.32 Å². The SMILES string of the molecule is COc1ccc(C(=O)OCC(=O)N[C@@H](C)c2ccc(Cl)cc2)c(O)c1. The van der Waals surface area contributed by atoms with E-state index in [9.17, 15) is 14.7 Å². The predicted octanol–water partition coefficient (Wildman–Crippen LogP) is 3.09. The van der Waals surface area contributed by atoms with E-state index in [4.69, 9.17) is 21.1 Å². The highest BCUT2D eigenvalue weighted by molar-refractivity contribution is 6.30. The summed E-state index contributed by atoms with van der Waals surface area (Å²) in [5, 5.41) is 13.1. The normalized spacial score (nSPS) is 11.5. The van der Waals surface area contributed by atoms with Gasteiger partial charge in [-0.15, -0.1) is 0 Å². The van der Waals surface area contributed by atoms with Gasteiger partial charge in [-0.05, 0) is 36.8 Å². The van der Waals surface area contributed by atoms with E-state index in [-0.39, 0.29) is 17.4 Å². The molecule has 0 heterocycles. The van der Waals surface area contributed by atoms with Crippen LogP contribution >= 0.6 is 11.6 Å². The number of methoxy groups -OCH3 is 1. The van der Waals surface area contributed by atoms with Gasteiger partial charge in [0, 0.05) is 11.1 Å². The van der Waals surface area contributed by atoms with Crippen molar-refractivity contribution in [1.82, 2.24) is 5.32 Å². The van der Waals surface area contributed by atoms with Crippen LogP contribution in [0, 0.1) is 0 Å². The number of carbonyl (C=O) groups is 2. The van der Waals surface area contributed by atoms with Crippen LogP contribution < -0.4 is 10.1 Å². The van der Waals surface area contributed by atoms with E-state index in [0.717, 1.165) is 5.56 Å². The third-order valence-electron chi connectivity index (χ3n) is 3.51. The highest BCUT2D eigenvalue weighted by Gasteiger charge is 2.16. The fourth-order valence-corrected chi connectivity index (χ4v) is 2.26. The summed E-state index contributed by atoms with van der Waals surface area (Å²) < 4.78 is 9.86. The topological polar surface area (TPSA) is 84.9 Å². The molecule has 0 aliphatic heterocycles. The molecule has 2 rings (SSSR count). The number of hydrogen-bond donors (Lipinski definition) is 2. The summed E-state index contributed by atoms with van der Waals surface area (Å²) in [6, 6.07) is 11.0. The minimum Gasteiger partial charge on any atom is -0.507 e. The number of aromatic hydroxyl groups is 1. The van der Waals surface area contributed by atoms with Crippen molar-refractivity contribution in [1.29, 1.82) is 0 Å². The minimum atomic E-state index is -0.797. The lowest BCUT2D eigenvalue weighted by atomic mass is 10.1. The van der Waals surface area contributed by atoms with E-state index >= 15 is 0 Å². The molecule has 0 spiro atoms. The van der Waals surface area contributed by atoms with Crippen molar-refractivity contribution in [2.75, 3.05) is 13.7 Å². The summed E-state index contributed by atoms with van der Waals surface area (Å²) >= 11 is 5.82. The minimum absolute atomic E-state index is 0.0423. The number of ether oxygens (including phenoxy) is 2. The van der Waals surface area contributed by atoms with Gasteiger partial charge < -0.3 is 19.9 Å². The predicted molar refractivity (Wildman–Crippen MR) is 93.0 cm³/mol. The van der Waals surface area contributed by atoms with E-state index in [1.165, 1.54) is 25.3 Å². The summed E-state index contributed by atoms with van der Waals surface area (Å²) in [5.74, 6) is -1.12. The zero-order chi connectivity index (χ0) is 18.4. The molecule has 2 N–H and O–H groups in total. The average molecular weight is 364 g/mol. The van der Waals surface area contributed by atoms with Crippen molar-refractivity contribution in [3.8, 4) is 11.5 Å². The number of benzene rings is 2. The first kappa shape index (κ1) is 18.6. The molecule has 7 heteroatoms. The molecule has 0 bridgehead atoms. The van der Waals surface area contributed by atoms with Crippen molar-refractivity contribution in [3.05, 3.63) is 58.6 Å². The number of halogens is 1. The molecule has 6 nitrogen and oxygen atoms in total. The first-order valence-electron chi connectivity index (χ1n) is 7.49. The number of esters is 1. The monoisotopic (exact) mass is 363 g/mol. The number of rotatable bonds is 6. The van der Waals surface area contributed by atoms with Crippen LogP contribution in [-0.4, -0.2) is 30.7 Å². The molecule has 0 saturated heterocycles. The Bertz CT molecular complexity index is 761. The second kappa shape index (κ2) is 8.39. The van der Waals surface area contributed by atoms with E-state index in [1.807, 2.05) is 0 Å². The second-order valence-corrected chi connectivity index (χ2v) is 5.74. The third-order valence-corrected chi connectivity index (χ3v) is 3.76. The van der Waals surface area contributed by atoms with Crippen molar-refractivity contribution >= 4 is 23.5 Å². The first-order chi connectivity index (χ1) is 11.9. The van der Waals surface area contributed by atoms with Crippen LogP contribution in [0.4, 0.5) is 0 Å². The number of hydrogen-bond acceptors (Lipinski definition) is 5. The van der Waals surface area contributed by atoms with Gasteiger partial charge in [0.25, 0.3) is 5.91 Å².